The fourth-order valence-corrected chi connectivity index (χ4v) is 5.45. The zero-order valence-electron chi connectivity index (χ0n) is 18.6. The number of nitrogens with one attached hydrogen (secondary N) is 2. The van der Waals surface area contributed by atoms with Gasteiger partial charge < -0.3 is 24.8 Å². The number of carbonyl (C=O) groups excluding carboxylic acids is 2. The van der Waals surface area contributed by atoms with Gasteiger partial charge in [0.15, 0.2) is 0 Å². The van der Waals surface area contributed by atoms with E-state index in [0.717, 1.165) is 60.5 Å². The van der Waals surface area contributed by atoms with Gasteiger partial charge in [-0.05, 0) is 31.9 Å². The molecular weight excluding hydrogens is 422 g/mol. The van der Waals surface area contributed by atoms with Crippen LogP contribution in [0.4, 0.5) is 10.5 Å². The molecule has 2 N–H and O–H groups in total. The molecule has 10 nitrogen and oxygen atoms in total. The van der Waals surface area contributed by atoms with Gasteiger partial charge in [0.05, 0.1) is 18.0 Å². The zero-order chi connectivity index (χ0) is 22.6. The number of anilines is 1. The maximum Gasteiger partial charge on any atom is 0.317 e. The first-order valence-electron chi connectivity index (χ1n) is 11.5. The van der Waals surface area contributed by atoms with Gasteiger partial charge in [-0.25, -0.2) is 9.78 Å². The van der Waals surface area contributed by atoms with Crippen molar-refractivity contribution in [3.8, 4) is 11.3 Å². The van der Waals surface area contributed by atoms with Crippen LogP contribution in [0.15, 0.2) is 24.5 Å². The molecule has 1 atom stereocenters. The van der Waals surface area contributed by atoms with E-state index in [9.17, 15) is 9.59 Å². The van der Waals surface area contributed by atoms with E-state index < -0.39 is 0 Å². The van der Waals surface area contributed by atoms with Crippen molar-refractivity contribution >= 4 is 28.7 Å². The summed E-state index contributed by atoms with van der Waals surface area (Å²) < 4.78 is 7.36. The molecule has 3 aromatic rings. The van der Waals surface area contributed by atoms with Crippen LogP contribution in [-0.4, -0.2) is 76.0 Å². The second-order valence-corrected chi connectivity index (χ2v) is 9.07. The lowest BCUT2D eigenvalue weighted by atomic mass is 9.82. The Morgan fingerprint density at radius 3 is 3.00 bits per heavy atom. The van der Waals surface area contributed by atoms with E-state index in [-0.39, 0.29) is 24.0 Å². The molecule has 0 bridgehead atoms. The smallest absolute Gasteiger partial charge is 0.317 e. The van der Waals surface area contributed by atoms with Crippen molar-refractivity contribution in [1.29, 1.82) is 0 Å². The number of H-pyrrole nitrogens is 1. The Kier molecular flexibility index (Phi) is 4.65. The SMILES string of the molecule is CCNC(=O)N1CCC2(CCn3nc(-c4cnc5[nH]cc(N6CCOCC6=O)c5c4)cc32)C1. The van der Waals surface area contributed by atoms with Crippen molar-refractivity contribution < 1.29 is 14.3 Å². The molecule has 0 saturated carbocycles. The highest BCUT2D eigenvalue weighted by molar-refractivity contribution is 6.04. The lowest BCUT2D eigenvalue weighted by molar-refractivity contribution is -0.125. The molecule has 2 saturated heterocycles. The summed E-state index contributed by atoms with van der Waals surface area (Å²) in [7, 11) is 0. The van der Waals surface area contributed by atoms with Crippen molar-refractivity contribution in [2.24, 2.45) is 0 Å². The number of fused-ring (bicyclic) bond motifs is 3. The predicted octanol–water partition coefficient (Wildman–Crippen LogP) is 1.87. The normalized spacial score (nSPS) is 22.5. The third kappa shape index (κ3) is 3.19. The predicted molar refractivity (Wildman–Crippen MR) is 122 cm³/mol. The molecule has 2 fully saturated rings. The van der Waals surface area contributed by atoms with Gasteiger partial charge in [0.2, 0.25) is 0 Å². The molecule has 6 rings (SSSR count). The van der Waals surface area contributed by atoms with Gasteiger partial charge in [0.1, 0.15) is 12.3 Å². The van der Waals surface area contributed by atoms with Gasteiger partial charge in [0, 0.05) is 67.2 Å². The van der Waals surface area contributed by atoms with Crippen LogP contribution in [0.3, 0.4) is 0 Å². The number of aromatic amines is 1. The Hall–Kier alpha value is -3.40. The third-order valence-corrected chi connectivity index (χ3v) is 7.18. The molecule has 10 heteroatoms. The number of ether oxygens (including phenoxy) is 1. The van der Waals surface area contributed by atoms with Gasteiger partial charge >= 0.3 is 6.03 Å². The van der Waals surface area contributed by atoms with Gasteiger partial charge in [-0.3, -0.25) is 9.48 Å². The van der Waals surface area contributed by atoms with Crippen molar-refractivity contribution in [1.82, 2.24) is 30.0 Å². The Morgan fingerprint density at radius 2 is 2.15 bits per heavy atom. The minimum absolute atomic E-state index is 0.0138. The summed E-state index contributed by atoms with van der Waals surface area (Å²) in [6.45, 7) is 6.07. The number of hydrogen-bond donors (Lipinski definition) is 2. The monoisotopic (exact) mass is 449 g/mol. The number of amides is 3. The quantitative estimate of drug-likeness (QED) is 0.635. The number of urea groups is 1. The van der Waals surface area contributed by atoms with Crippen LogP contribution in [0, 0.1) is 0 Å². The highest BCUT2D eigenvalue weighted by atomic mass is 16.5. The van der Waals surface area contributed by atoms with Crippen molar-refractivity contribution in [2.75, 3.05) is 44.3 Å². The average molecular weight is 450 g/mol. The minimum atomic E-state index is -0.0478. The number of rotatable bonds is 3. The lowest BCUT2D eigenvalue weighted by Crippen LogP contribution is -2.41. The number of aromatic nitrogens is 4. The Bertz CT molecular complexity index is 1250. The second kappa shape index (κ2) is 7.58. The summed E-state index contributed by atoms with van der Waals surface area (Å²) in [5.74, 6) is -0.0478. The second-order valence-electron chi connectivity index (χ2n) is 9.07. The van der Waals surface area contributed by atoms with Gasteiger partial charge in [-0.15, -0.1) is 0 Å². The first-order chi connectivity index (χ1) is 16.1. The number of morpholine rings is 1. The molecule has 6 heterocycles. The van der Waals surface area contributed by atoms with Gasteiger partial charge in [-0.2, -0.15) is 5.10 Å². The Balaban J connectivity index is 1.32. The molecule has 0 aliphatic carbocycles. The molecule has 1 spiro atoms. The number of aryl methyl sites for hydroxylation is 1. The standard InChI is InChI=1S/C23H27N7O3/c1-2-24-22(32)28-5-3-23(14-28)4-6-30-19(23)10-17(27-30)15-9-16-18(12-26-21(16)25-11-15)29-7-8-33-13-20(29)31/h9-12H,2-8,13-14H2,1H3,(H,24,32)(H,25,26). The van der Waals surface area contributed by atoms with E-state index in [1.54, 1.807) is 4.90 Å². The third-order valence-electron chi connectivity index (χ3n) is 7.18. The largest absolute Gasteiger partial charge is 0.370 e. The molecule has 3 aliphatic rings. The highest BCUT2D eigenvalue weighted by Gasteiger charge is 2.46. The summed E-state index contributed by atoms with van der Waals surface area (Å²) in [5.41, 5.74) is 4.51. The van der Waals surface area contributed by atoms with E-state index in [2.05, 4.69) is 32.1 Å². The fourth-order valence-electron chi connectivity index (χ4n) is 5.45. The van der Waals surface area contributed by atoms with Gasteiger partial charge in [0.25, 0.3) is 5.91 Å². The van der Waals surface area contributed by atoms with Crippen LogP contribution in [0.1, 0.15) is 25.5 Å². The topological polar surface area (TPSA) is 108 Å². The first kappa shape index (κ1) is 20.2. The van der Waals surface area contributed by atoms with Crippen molar-refractivity contribution in [3.05, 3.63) is 30.2 Å². The van der Waals surface area contributed by atoms with E-state index >= 15 is 0 Å². The number of carbonyl (C=O) groups is 2. The van der Waals surface area contributed by atoms with E-state index in [0.29, 0.717) is 19.7 Å². The number of likely N-dealkylation sites (tertiary alicyclic amines) is 1. The summed E-state index contributed by atoms with van der Waals surface area (Å²) in [4.78, 5) is 36.2. The van der Waals surface area contributed by atoms with Crippen molar-refractivity contribution in [2.45, 2.75) is 31.7 Å². The lowest BCUT2D eigenvalue weighted by Gasteiger charge is -2.26. The molecule has 0 radical (unpaired) electrons. The van der Waals surface area contributed by atoms with E-state index in [1.165, 1.54) is 5.69 Å². The minimum Gasteiger partial charge on any atom is -0.370 e. The van der Waals surface area contributed by atoms with Crippen LogP contribution < -0.4 is 10.2 Å². The van der Waals surface area contributed by atoms with E-state index in [1.807, 2.05) is 24.2 Å². The van der Waals surface area contributed by atoms with Crippen LogP contribution in [0.5, 0.6) is 0 Å². The number of nitrogens with zero attached hydrogens (tertiary/aromatic N) is 5. The number of pyridine rings is 1. The fraction of sp³-hybridized carbons (Fsp3) is 0.478. The molecule has 172 valence electrons. The average Bonchev–Trinajstić information content (AvgIpc) is 3.59. The van der Waals surface area contributed by atoms with Crippen LogP contribution in [-0.2, 0) is 21.5 Å². The molecule has 3 aromatic heterocycles. The summed E-state index contributed by atoms with van der Waals surface area (Å²) in [5, 5.41) is 8.69. The Morgan fingerprint density at radius 1 is 1.27 bits per heavy atom. The van der Waals surface area contributed by atoms with Crippen molar-refractivity contribution in [3.63, 3.8) is 0 Å². The zero-order valence-corrected chi connectivity index (χ0v) is 18.6. The molecule has 33 heavy (non-hydrogen) atoms. The van der Waals surface area contributed by atoms with Crippen LogP contribution in [0.2, 0.25) is 0 Å². The molecular formula is C23H27N7O3. The van der Waals surface area contributed by atoms with E-state index in [4.69, 9.17) is 9.84 Å². The first-order valence-corrected chi connectivity index (χ1v) is 11.5. The maximum absolute atomic E-state index is 12.4. The van der Waals surface area contributed by atoms with Crippen LogP contribution >= 0.6 is 0 Å². The molecule has 1 unspecified atom stereocenters. The Labute approximate surface area is 190 Å². The molecule has 0 aromatic carbocycles. The molecule has 3 amide bonds. The number of hydrogen-bond acceptors (Lipinski definition) is 5. The molecule has 3 aliphatic heterocycles. The summed E-state index contributed by atoms with van der Waals surface area (Å²) in [6, 6.07) is 4.22. The summed E-state index contributed by atoms with van der Waals surface area (Å²) in [6.07, 6.45) is 5.61. The van der Waals surface area contributed by atoms with Crippen LogP contribution in [0.25, 0.3) is 22.3 Å². The summed E-state index contributed by atoms with van der Waals surface area (Å²) >= 11 is 0. The highest BCUT2D eigenvalue weighted by Crippen LogP contribution is 2.44. The van der Waals surface area contributed by atoms with Gasteiger partial charge in [-0.1, -0.05) is 0 Å². The maximum atomic E-state index is 12.4.